The van der Waals surface area contributed by atoms with Crippen LogP contribution in [0.15, 0.2) is 28.7 Å². The summed E-state index contributed by atoms with van der Waals surface area (Å²) in [5, 5.41) is 12.0. The maximum atomic E-state index is 12.5. The van der Waals surface area contributed by atoms with Gasteiger partial charge in [-0.2, -0.15) is 5.26 Å². The van der Waals surface area contributed by atoms with Gasteiger partial charge in [-0.3, -0.25) is 4.79 Å². The van der Waals surface area contributed by atoms with Gasteiger partial charge in [0.15, 0.2) is 0 Å². The molecule has 0 radical (unpaired) electrons. The van der Waals surface area contributed by atoms with Gasteiger partial charge in [0, 0.05) is 23.2 Å². The van der Waals surface area contributed by atoms with E-state index in [1.165, 1.54) is 0 Å². The Balaban J connectivity index is 2.30. The van der Waals surface area contributed by atoms with Crippen LogP contribution in [0, 0.1) is 17.2 Å². The van der Waals surface area contributed by atoms with Crippen LogP contribution in [0.3, 0.4) is 0 Å². The van der Waals surface area contributed by atoms with Gasteiger partial charge < -0.3 is 10.2 Å². The van der Waals surface area contributed by atoms with E-state index in [1.807, 2.05) is 24.3 Å². The summed E-state index contributed by atoms with van der Waals surface area (Å²) in [6, 6.07) is 9.36. The molecule has 1 saturated heterocycles. The summed E-state index contributed by atoms with van der Waals surface area (Å²) in [6.45, 7) is 3.52. The van der Waals surface area contributed by atoms with E-state index in [0.29, 0.717) is 12.5 Å². The number of nitrogens with zero attached hydrogens (tertiary/aromatic N) is 2. The molecule has 2 unspecified atom stereocenters. The average Bonchev–Trinajstić information content (AvgIpc) is 2.52. The lowest BCUT2D eigenvalue weighted by molar-refractivity contribution is -0.120. The number of benzene rings is 1. The quantitative estimate of drug-likeness (QED) is 0.909. The molecule has 1 aromatic carbocycles. The fourth-order valence-electron chi connectivity index (χ4n) is 2.21. The van der Waals surface area contributed by atoms with E-state index in [0.717, 1.165) is 16.7 Å². The lowest BCUT2D eigenvalue weighted by Gasteiger charge is -2.24. The third-order valence-corrected chi connectivity index (χ3v) is 3.68. The lowest BCUT2D eigenvalue weighted by atomic mass is 10.1. The number of amides is 1. The number of carbonyl (C=O) groups is 1. The van der Waals surface area contributed by atoms with E-state index >= 15 is 0 Å². The second-order valence-corrected chi connectivity index (χ2v) is 5.77. The molecule has 1 aliphatic heterocycles. The number of hydrogen-bond donors (Lipinski definition) is 1. The Labute approximate surface area is 121 Å². The number of rotatable bonds is 2. The first-order chi connectivity index (χ1) is 9.11. The van der Waals surface area contributed by atoms with Crippen molar-refractivity contribution in [3.05, 3.63) is 28.7 Å². The Morgan fingerprint density at radius 3 is 3.05 bits per heavy atom. The van der Waals surface area contributed by atoms with Gasteiger partial charge in [-0.05, 0) is 24.1 Å². The highest BCUT2D eigenvalue weighted by Gasteiger charge is 2.29. The number of halogens is 1. The van der Waals surface area contributed by atoms with Crippen molar-refractivity contribution in [2.75, 3.05) is 18.0 Å². The van der Waals surface area contributed by atoms with Gasteiger partial charge in [0.25, 0.3) is 0 Å². The predicted molar refractivity (Wildman–Crippen MR) is 77.7 cm³/mol. The minimum absolute atomic E-state index is 0.0241. The topological polar surface area (TPSA) is 56.1 Å². The molecule has 100 valence electrons. The second-order valence-electron chi connectivity index (χ2n) is 4.86. The van der Waals surface area contributed by atoms with Crippen LogP contribution in [-0.2, 0) is 4.79 Å². The van der Waals surface area contributed by atoms with Gasteiger partial charge in [-0.1, -0.05) is 28.9 Å². The molecule has 0 bridgehead atoms. The van der Waals surface area contributed by atoms with Crippen LogP contribution in [0.2, 0.25) is 0 Å². The first-order valence-electron chi connectivity index (χ1n) is 6.29. The SMILES string of the molecule is CC1CNC(CC#N)C(=O)N(c2cccc(Br)c2)C1. The number of anilines is 1. The van der Waals surface area contributed by atoms with Crippen molar-refractivity contribution in [2.45, 2.75) is 19.4 Å². The predicted octanol–water partition coefficient (Wildman–Crippen LogP) is 2.30. The minimum Gasteiger partial charge on any atom is -0.311 e. The molecular formula is C14H16BrN3O. The first kappa shape index (κ1) is 14.0. The summed E-state index contributed by atoms with van der Waals surface area (Å²) >= 11 is 3.42. The molecule has 1 amide bonds. The molecule has 2 atom stereocenters. The minimum atomic E-state index is -0.408. The van der Waals surface area contributed by atoms with Gasteiger partial charge in [-0.25, -0.2) is 0 Å². The fraction of sp³-hybridized carbons (Fsp3) is 0.429. The molecule has 0 aromatic heterocycles. The van der Waals surface area contributed by atoms with E-state index in [2.05, 4.69) is 34.2 Å². The summed E-state index contributed by atoms with van der Waals surface area (Å²) in [4.78, 5) is 14.3. The molecular weight excluding hydrogens is 306 g/mol. The van der Waals surface area contributed by atoms with Gasteiger partial charge >= 0.3 is 0 Å². The van der Waals surface area contributed by atoms with Crippen LogP contribution >= 0.6 is 15.9 Å². The molecule has 19 heavy (non-hydrogen) atoms. The number of hydrogen-bond acceptors (Lipinski definition) is 3. The lowest BCUT2D eigenvalue weighted by Crippen LogP contribution is -2.43. The van der Waals surface area contributed by atoms with Crippen molar-refractivity contribution in [1.29, 1.82) is 5.26 Å². The molecule has 1 aliphatic rings. The van der Waals surface area contributed by atoms with Crippen molar-refractivity contribution >= 4 is 27.5 Å². The summed E-state index contributed by atoms with van der Waals surface area (Å²) in [5.74, 6) is 0.329. The molecule has 2 rings (SSSR count). The van der Waals surface area contributed by atoms with Crippen LogP contribution in [0.1, 0.15) is 13.3 Å². The molecule has 4 nitrogen and oxygen atoms in total. The number of carbonyl (C=O) groups excluding carboxylic acids is 1. The highest BCUT2D eigenvalue weighted by atomic mass is 79.9. The van der Waals surface area contributed by atoms with Gasteiger partial charge in [0.2, 0.25) is 5.91 Å². The van der Waals surface area contributed by atoms with Crippen LogP contribution < -0.4 is 10.2 Å². The summed E-state index contributed by atoms with van der Waals surface area (Å²) in [7, 11) is 0. The maximum Gasteiger partial charge on any atom is 0.245 e. The van der Waals surface area contributed by atoms with E-state index in [4.69, 9.17) is 5.26 Å². The molecule has 0 saturated carbocycles. The highest BCUT2D eigenvalue weighted by Crippen LogP contribution is 2.23. The molecule has 0 aliphatic carbocycles. The molecule has 1 N–H and O–H groups in total. The zero-order valence-electron chi connectivity index (χ0n) is 10.8. The van der Waals surface area contributed by atoms with Crippen molar-refractivity contribution in [3.8, 4) is 6.07 Å². The number of nitrogens with one attached hydrogen (secondary N) is 1. The highest BCUT2D eigenvalue weighted by molar-refractivity contribution is 9.10. The average molecular weight is 322 g/mol. The van der Waals surface area contributed by atoms with Crippen LogP contribution in [-0.4, -0.2) is 25.0 Å². The van der Waals surface area contributed by atoms with Gasteiger partial charge in [-0.15, -0.1) is 0 Å². The largest absolute Gasteiger partial charge is 0.311 e. The van der Waals surface area contributed by atoms with E-state index < -0.39 is 6.04 Å². The van der Waals surface area contributed by atoms with Crippen molar-refractivity contribution in [3.63, 3.8) is 0 Å². The van der Waals surface area contributed by atoms with E-state index in [1.54, 1.807) is 4.90 Å². The van der Waals surface area contributed by atoms with Crippen LogP contribution in [0.4, 0.5) is 5.69 Å². The molecule has 1 fully saturated rings. The first-order valence-corrected chi connectivity index (χ1v) is 7.08. The molecule has 1 aromatic rings. The van der Waals surface area contributed by atoms with E-state index in [-0.39, 0.29) is 12.3 Å². The third-order valence-electron chi connectivity index (χ3n) is 3.19. The van der Waals surface area contributed by atoms with Crippen molar-refractivity contribution in [1.82, 2.24) is 5.32 Å². The standard InChI is InChI=1S/C14H16BrN3O/c1-10-8-17-13(5-6-16)14(19)18(9-10)12-4-2-3-11(15)7-12/h2-4,7,10,13,17H,5,8-9H2,1H3. The molecule has 0 spiro atoms. The Morgan fingerprint density at radius 1 is 1.58 bits per heavy atom. The Bertz CT molecular complexity index is 512. The number of nitriles is 1. The summed E-state index contributed by atoms with van der Waals surface area (Å²) < 4.78 is 0.944. The zero-order valence-corrected chi connectivity index (χ0v) is 12.4. The smallest absolute Gasteiger partial charge is 0.245 e. The van der Waals surface area contributed by atoms with Crippen molar-refractivity contribution in [2.24, 2.45) is 5.92 Å². The van der Waals surface area contributed by atoms with Crippen LogP contribution in [0.25, 0.3) is 0 Å². The summed E-state index contributed by atoms with van der Waals surface area (Å²) in [5.41, 5.74) is 0.873. The zero-order chi connectivity index (χ0) is 13.8. The van der Waals surface area contributed by atoms with Gasteiger partial charge in [0.05, 0.1) is 12.5 Å². The second kappa shape index (κ2) is 6.18. The Morgan fingerprint density at radius 2 is 2.37 bits per heavy atom. The van der Waals surface area contributed by atoms with Crippen molar-refractivity contribution < 1.29 is 4.79 Å². The Kier molecular flexibility index (Phi) is 4.56. The molecule has 5 heteroatoms. The normalized spacial score (nSPS) is 23.8. The maximum absolute atomic E-state index is 12.5. The fourth-order valence-corrected chi connectivity index (χ4v) is 2.60. The summed E-state index contributed by atoms with van der Waals surface area (Å²) in [6.07, 6.45) is 0.204. The monoisotopic (exact) mass is 321 g/mol. The van der Waals surface area contributed by atoms with Crippen LogP contribution in [0.5, 0.6) is 0 Å². The molecule has 1 heterocycles. The van der Waals surface area contributed by atoms with Gasteiger partial charge in [0.1, 0.15) is 6.04 Å². The Hall–Kier alpha value is -1.38. The van der Waals surface area contributed by atoms with E-state index in [9.17, 15) is 4.79 Å². The third kappa shape index (κ3) is 3.34.